The summed E-state index contributed by atoms with van der Waals surface area (Å²) in [7, 11) is 1.61. The highest BCUT2D eigenvalue weighted by Gasteiger charge is 2.20. The Labute approximate surface area is 141 Å². The molecular weight excluding hydrogens is 304 g/mol. The Morgan fingerprint density at radius 3 is 2.29 bits per heavy atom. The van der Waals surface area contributed by atoms with Crippen LogP contribution in [0.4, 0.5) is 11.6 Å². The molecule has 0 radical (unpaired) electrons. The van der Waals surface area contributed by atoms with Gasteiger partial charge in [0.15, 0.2) is 0 Å². The molecule has 1 saturated heterocycles. The van der Waals surface area contributed by atoms with Crippen molar-refractivity contribution in [2.24, 2.45) is 0 Å². The average molecular weight is 326 g/mol. The fourth-order valence-corrected chi connectivity index (χ4v) is 2.88. The third-order valence-electron chi connectivity index (χ3n) is 4.07. The molecule has 0 aromatic carbocycles. The number of hydrogen-bond acceptors (Lipinski definition) is 6. The number of aromatic nitrogens is 3. The Morgan fingerprint density at radius 2 is 1.67 bits per heavy atom. The van der Waals surface area contributed by atoms with Crippen LogP contribution in [0, 0.1) is 13.8 Å². The van der Waals surface area contributed by atoms with E-state index in [2.05, 4.69) is 30.1 Å². The lowest BCUT2D eigenvalue weighted by molar-refractivity contribution is 0.0958. The zero-order valence-electron chi connectivity index (χ0n) is 14.3. The fourth-order valence-electron chi connectivity index (χ4n) is 2.88. The highest BCUT2D eigenvalue weighted by molar-refractivity contribution is 5.92. The first-order valence-corrected chi connectivity index (χ1v) is 8.08. The van der Waals surface area contributed by atoms with Gasteiger partial charge in [0.25, 0.3) is 5.91 Å². The summed E-state index contributed by atoms with van der Waals surface area (Å²) in [6.07, 6.45) is 0. The molecule has 0 aliphatic carbocycles. The first-order valence-electron chi connectivity index (χ1n) is 8.08. The molecule has 0 bridgehead atoms. The van der Waals surface area contributed by atoms with E-state index < -0.39 is 0 Å². The quantitative estimate of drug-likeness (QED) is 0.913. The Bertz CT molecular complexity index is 719. The van der Waals surface area contributed by atoms with Crippen LogP contribution in [0.25, 0.3) is 0 Å². The number of nitrogens with zero attached hydrogens (tertiary/aromatic N) is 5. The van der Waals surface area contributed by atoms with Crippen LogP contribution < -0.4 is 15.1 Å². The van der Waals surface area contributed by atoms with Gasteiger partial charge < -0.3 is 15.1 Å². The van der Waals surface area contributed by atoms with Crippen molar-refractivity contribution in [1.82, 2.24) is 20.3 Å². The minimum atomic E-state index is -0.164. The lowest BCUT2D eigenvalue weighted by Gasteiger charge is -2.36. The van der Waals surface area contributed by atoms with Crippen LogP contribution in [0.1, 0.15) is 22.0 Å². The normalized spacial score (nSPS) is 14.6. The van der Waals surface area contributed by atoms with Crippen LogP contribution in [-0.4, -0.2) is 54.1 Å². The molecule has 2 aromatic heterocycles. The second kappa shape index (κ2) is 6.82. The van der Waals surface area contributed by atoms with E-state index in [0.717, 1.165) is 49.3 Å². The number of carbonyl (C=O) groups excluding carboxylic acids is 1. The van der Waals surface area contributed by atoms with Gasteiger partial charge >= 0.3 is 0 Å². The minimum absolute atomic E-state index is 0.164. The van der Waals surface area contributed by atoms with Crippen molar-refractivity contribution in [1.29, 1.82) is 0 Å². The molecule has 7 nitrogen and oxygen atoms in total. The van der Waals surface area contributed by atoms with Gasteiger partial charge in [-0.1, -0.05) is 6.07 Å². The molecule has 0 spiro atoms. The van der Waals surface area contributed by atoms with Gasteiger partial charge in [0.05, 0.1) is 0 Å². The van der Waals surface area contributed by atoms with Gasteiger partial charge in [0, 0.05) is 45.0 Å². The van der Waals surface area contributed by atoms with Gasteiger partial charge in [0.2, 0.25) is 0 Å². The molecule has 2 aromatic rings. The van der Waals surface area contributed by atoms with Crippen LogP contribution in [0.2, 0.25) is 0 Å². The summed E-state index contributed by atoms with van der Waals surface area (Å²) in [4.78, 5) is 29.5. The standard InChI is InChI=1S/C17H22N6O/c1-12-11-16(20-13(2)19-12)23-9-7-22(8-10-23)15-6-4-5-14(21-15)17(24)18-3/h4-6,11H,7-10H2,1-3H3,(H,18,24). The molecule has 0 saturated carbocycles. The summed E-state index contributed by atoms with van der Waals surface area (Å²) in [5.41, 5.74) is 1.43. The highest BCUT2D eigenvalue weighted by Crippen LogP contribution is 2.18. The van der Waals surface area contributed by atoms with E-state index in [-0.39, 0.29) is 5.91 Å². The number of amides is 1. The molecule has 3 rings (SSSR count). The summed E-state index contributed by atoms with van der Waals surface area (Å²) in [6.45, 7) is 7.31. The van der Waals surface area contributed by atoms with Gasteiger partial charge in [0.1, 0.15) is 23.2 Å². The molecule has 1 amide bonds. The van der Waals surface area contributed by atoms with Crippen molar-refractivity contribution in [3.63, 3.8) is 0 Å². The van der Waals surface area contributed by atoms with Crippen molar-refractivity contribution < 1.29 is 4.79 Å². The Kier molecular flexibility index (Phi) is 4.59. The largest absolute Gasteiger partial charge is 0.354 e. The van der Waals surface area contributed by atoms with Crippen LogP contribution in [0.15, 0.2) is 24.3 Å². The van der Waals surface area contributed by atoms with E-state index in [4.69, 9.17) is 0 Å². The van der Waals surface area contributed by atoms with E-state index in [1.165, 1.54) is 0 Å². The van der Waals surface area contributed by atoms with Crippen LogP contribution in [0.3, 0.4) is 0 Å². The van der Waals surface area contributed by atoms with Gasteiger partial charge in [-0.25, -0.2) is 15.0 Å². The predicted octanol–water partition coefficient (Wildman–Crippen LogP) is 1.17. The third-order valence-corrected chi connectivity index (χ3v) is 4.07. The van der Waals surface area contributed by atoms with Crippen molar-refractivity contribution in [3.05, 3.63) is 41.5 Å². The Balaban J connectivity index is 1.70. The maximum absolute atomic E-state index is 11.7. The molecule has 126 valence electrons. The van der Waals surface area contributed by atoms with E-state index >= 15 is 0 Å². The molecule has 7 heteroatoms. The second-order valence-electron chi connectivity index (χ2n) is 5.85. The molecule has 0 atom stereocenters. The lowest BCUT2D eigenvalue weighted by atomic mass is 10.2. The van der Waals surface area contributed by atoms with Crippen LogP contribution >= 0.6 is 0 Å². The van der Waals surface area contributed by atoms with E-state index in [0.29, 0.717) is 5.69 Å². The number of anilines is 2. The Hall–Kier alpha value is -2.70. The molecular formula is C17H22N6O. The first kappa shape index (κ1) is 16.2. The maximum Gasteiger partial charge on any atom is 0.269 e. The van der Waals surface area contributed by atoms with Gasteiger partial charge in [-0.3, -0.25) is 4.79 Å². The number of nitrogens with one attached hydrogen (secondary N) is 1. The second-order valence-corrected chi connectivity index (χ2v) is 5.85. The van der Waals surface area contributed by atoms with E-state index in [1.807, 2.05) is 32.0 Å². The fraction of sp³-hybridized carbons (Fsp3) is 0.412. The SMILES string of the molecule is CNC(=O)c1cccc(N2CCN(c3cc(C)nc(C)n3)CC2)n1. The number of aryl methyl sites for hydroxylation is 2. The Morgan fingerprint density at radius 1 is 1.00 bits per heavy atom. The smallest absolute Gasteiger partial charge is 0.269 e. The summed E-state index contributed by atoms with van der Waals surface area (Å²) in [5, 5.41) is 2.61. The van der Waals surface area contributed by atoms with E-state index in [1.54, 1.807) is 13.1 Å². The van der Waals surface area contributed by atoms with Crippen molar-refractivity contribution in [2.75, 3.05) is 43.0 Å². The van der Waals surface area contributed by atoms with Crippen LogP contribution in [-0.2, 0) is 0 Å². The van der Waals surface area contributed by atoms with Crippen molar-refractivity contribution in [3.8, 4) is 0 Å². The zero-order chi connectivity index (χ0) is 17.1. The van der Waals surface area contributed by atoms with Gasteiger partial charge in [-0.05, 0) is 26.0 Å². The monoisotopic (exact) mass is 326 g/mol. The molecule has 1 aliphatic rings. The summed E-state index contributed by atoms with van der Waals surface area (Å²) in [5.74, 6) is 2.45. The van der Waals surface area contributed by atoms with Crippen molar-refractivity contribution >= 4 is 17.5 Å². The molecule has 1 fully saturated rings. The average Bonchev–Trinajstić information content (AvgIpc) is 2.60. The summed E-state index contributed by atoms with van der Waals surface area (Å²) >= 11 is 0. The number of rotatable bonds is 3. The summed E-state index contributed by atoms with van der Waals surface area (Å²) < 4.78 is 0. The van der Waals surface area contributed by atoms with Crippen molar-refractivity contribution in [2.45, 2.75) is 13.8 Å². The molecule has 1 N–H and O–H groups in total. The third kappa shape index (κ3) is 3.45. The predicted molar refractivity (Wildman–Crippen MR) is 93.6 cm³/mol. The number of carbonyl (C=O) groups is 1. The van der Waals surface area contributed by atoms with Crippen LogP contribution in [0.5, 0.6) is 0 Å². The lowest BCUT2D eigenvalue weighted by Crippen LogP contribution is -2.47. The number of pyridine rings is 1. The first-order chi connectivity index (χ1) is 11.6. The number of piperazine rings is 1. The minimum Gasteiger partial charge on any atom is -0.354 e. The molecule has 1 aliphatic heterocycles. The van der Waals surface area contributed by atoms with Gasteiger partial charge in [-0.15, -0.1) is 0 Å². The highest BCUT2D eigenvalue weighted by atomic mass is 16.1. The molecule has 3 heterocycles. The molecule has 0 unspecified atom stereocenters. The molecule has 24 heavy (non-hydrogen) atoms. The maximum atomic E-state index is 11.7. The van der Waals surface area contributed by atoms with E-state index in [9.17, 15) is 4.79 Å². The topological polar surface area (TPSA) is 74.2 Å². The van der Waals surface area contributed by atoms with Gasteiger partial charge in [-0.2, -0.15) is 0 Å². The zero-order valence-corrected chi connectivity index (χ0v) is 14.3. The summed E-state index contributed by atoms with van der Waals surface area (Å²) in [6, 6.07) is 7.57. The number of hydrogen-bond donors (Lipinski definition) is 1.